The SMILES string of the molecule is CCNC(=NCCCSc1nccs1)NCCc1ccccn1.I. The molecule has 0 aromatic carbocycles. The zero-order valence-electron chi connectivity index (χ0n) is 13.8. The van der Waals surface area contributed by atoms with E-state index in [0.717, 1.165) is 54.2 Å². The summed E-state index contributed by atoms with van der Waals surface area (Å²) >= 11 is 3.49. The van der Waals surface area contributed by atoms with Crippen molar-refractivity contribution in [2.75, 3.05) is 25.4 Å². The highest BCUT2D eigenvalue weighted by atomic mass is 127. The quantitative estimate of drug-likeness (QED) is 0.191. The normalized spacial score (nSPS) is 11.0. The summed E-state index contributed by atoms with van der Waals surface area (Å²) in [5, 5.41) is 8.64. The first-order valence-corrected chi connectivity index (χ1v) is 9.69. The van der Waals surface area contributed by atoms with Crippen LogP contribution >= 0.6 is 47.1 Å². The van der Waals surface area contributed by atoms with Crippen molar-refractivity contribution < 1.29 is 0 Å². The van der Waals surface area contributed by atoms with Crippen molar-refractivity contribution in [1.29, 1.82) is 0 Å². The molecule has 0 radical (unpaired) electrons. The van der Waals surface area contributed by atoms with E-state index in [9.17, 15) is 0 Å². The predicted molar refractivity (Wildman–Crippen MR) is 115 cm³/mol. The molecule has 0 bridgehead atoms. The molecule has 0 aliphatic heterocycles. The highest BCUT2D eigenvalue weighted by molar-refractivity contribution is 14.0. The number of thiazole rings is 1. The van der Waals surface area contributed by atoms with Gasteiger partial charge in [-0.05, 0) is 25.5 Å². The van der Waals surface area contributed by atoms with Gasteiger partial charge < -0.3 is 10.6 Å². The Balaban J connectivity index is 0.00000288. The molecule has 2 N–H and O–H groups in total. The van der Waals surface area contributed by atoms with Gasteiger partial charge in [-0.3, -0.25) is 9.98 Å². The average molecular weight is 477 g/mol. The summed E-state index contributed by atoms with van der Waals surface area (Å²) in [6, 6.07) is 6.00. The molecule has 0 spiro atoms. The van der Waals surface area contributed by atoms with Crippen LogP contribution in [0.5, 0.6) is 0 Å². The molecule has 8 heteroatoms. The monoisotopic (exact) mass is 477 g/mol. The number of thioether (sulfide) groups is 1. The lowest BCUT2D eigenvalue weighted by Gasteiger charge is -2.11. The lowest BCUT2D eigenvalue weighted by Crippen LogP contribution is -2.38. The topological polar surface area (TPSA) is 62.2 Å². The highest BCUT2D eigenvalue weighted by Crippen LogP contribution is 2.20. The summed E-state index contributed by atoms with van der Waals surface area (Å²) < 4.78 is 1.13. The second kappa shape index (κ2) is 13.4. The largest absolute Gasteiger partial charge is 0.357 e. The molecule has 2 rings (SSSR count). The van der Waals surface area contributed by atoms with Gasteiger partial charge in [0.2, 0.25) is 0 Å². The van der Waals surface area contributed by atoms with Gasteiger partial charge in [0.15, 0.2) is 5.96 Å². The molecular formula is C16H24IN5S2. The maximum Gasteiger partial charge on any atom is 0.191 e. The lowest BCUT2D eigenvalue weighted by atomic mass is 10.3. The molecule has 24 heavy (non-hydrogen) atoms. The van der Waals surface area contributed by atoms with Crippen molar-refractivity contribution in [3.8, 4) is 0 Å². The van der Waals surface area contributed by atoms with Crippen LogP contribution in [-0.2, 0) is 6.42 Å². The van der Waals surface area contributed by atoms with Gasteiger partial charge in [0, 0.05) is 55.3 Å². The Kier molecular flexibility index (Phi) is 11.8. The fourth-order valence-corrected chi connectivity index (χ4v) is 3.53. The fourth-order valence-electron chi connectivity index (χ4n) is 1.89. The zero-order valence-corrected chi connectivity index (χ0v) is 17.7. The number of hydrogen-bond acceptors (Lipinski definition) is 5. The van der Waals surface area contributed by atoms with Gasteiger partial charge in [-0.15, -0.1) is 35.3 Å². The third kappa shape index (κ3) is 8.84. The molecular weight excluding hydrogens is 453 g/mol. The Morgan fingerprint density at radius 1 is 1.25 bits per heavy atom. The zero-order chi connectivity index (χ0) is 16.2. The summed E-state index contributed by atoms with van der Waals surface area (Å²) in [5.41, 5.74) is 1.09. The van der Waals surface area contributed by atoms with E-state index in [1.165, 1.54) is 0 Å². The first-order chi connectivity index (χ1) is 11.4. The minimum atomic E-state index is 0. The predicted octanol–water partition coefficient (Wildman–Crippen LogP) is 3.44. The van der Waals surface area contributed by atoms with Crippen LogP contribution in [0.15, 0.2) is 45.3 Å². The number of guanidine groups is 1. The molecule has 0 atom stereocenters. The summed E-state index contributed by atoms with van der Waals surface area (Å²) in [6.45, 7) is 4.59. The molecule has 2 heterocycles. The van der Waals surface area contributed by atoms with Gasteiger partial charge in [-0.2, -0.15) is 0 Å². The van der Waals surface area contributed by atoms with Crippen LogP contribution in [-0.4, -0.2) is 41.3 Å². The molecule has 0 saturated carbocycles. The first-order valence-electron chi connectivity index (χ1n) is 7.83. The molecule has 0 aliphatic rings. The first kappa shape index (κ1) is 21.2. The van der Waals surface area contributed by atoms with Crippen molar-refractivity contribution in [2.24, 2.45) is 4.99 Å². The van der Waals surface area contributed by atoms with E-state index >= 15 is 0 Å². The van der Waals surface area contributed by atoms with Gasteiger partial charge in [-0.25, -0.2) is 4.98 Å². The van der Waals surface area contributed by atoms with Crippen LogP contribution in [0.3, 0.4) is 0 Å². The van der Waals surface area contributed by atoms with Gasteiger partial charge in [0.1, 0.15) is 4.34 Å². The van der Waals surface area contributed by atoms with Crippen LogP contribution in [0, 0.1) is 0 Å². The lowest BCUT2D eigenvalue weighted by molar-refractivity contribution is 0.784. The number of aliphatic imine (C=N–C) groups is 1. The number of pyridine rings is 1. The number of nitrogens with one attached hydrogen (secondary N) is 2. The summed E-state index contributed by atoms with van der Waals surface area (Å²) in [7, 11) is 0. The molecule has 0 unspecified atom stereocenters. The van der Waals surface area contributed by atoms with Gasteiger partial charge in [-0.1, -0.05) is 17.8 Å². The van der Waals surface area contributed by atoms with E-state index in [-0.39, 0.29) is 24.0 Å². The molecule has 0 fully saturated rings. The fraction of sp³-hybridized carbons (Fsp3) is 0.438. The minimum Gasteiger partial charge on any atom is -0.357 e. The van der Waals surface area contributed by atoms with Crippen LogP contribution in [0.1, 0.15) is 19.0 Å². The Morgan fingerprint density at radius 3 is 2.88 bits per heavy atom. The van der Waals surface area contributed by atoms with E-state index in [1.54, 1.807) is 23.1 Å². The molecule has 5 nitrogen and oxygen atoms in total. The molecule has 0 amide bonds. The maximum absolute atomic E-state index is 4.61. The summed E-state index contributed by atoms with van der Waals surface area (Å²) in [4.78, 5) is 13.2. The number of nitrogens with zero attached hydrogens (tertiary/aromatic N) is 3. The van der Waals surface area contributed by atoms with Gasteiger partial charge in [0.25, 0.3) is 0 Å². The van der Waals surface area contributed by atoms with Crippen LogP contribution in [0.2, 0.25) is 0 Å². The minimum absolute atomic E-state index is 0. The van der Waals surface area contributed by atoms with E-state index in [1.807, 2.05) is 36.0 Å². The van der Waals surface area contributed by atoms with E-state index in [4.69, 9.17) is 0 Å². The maximum atomic E-state index is 4.61. The highest BCUT2D eigenvalue weighted by Gasteiger charge is 1.99. The van der Waals surface area contributed by atoms with Gasteiger partial charge in [0.05, 0.1) is 0 Å². The molecule has 132 valence electrons. The van der Waals surface area contributed by atoms with Crippen LogP contribution in [0.4, 0.5) is 0 Å². The van der Waals surface area contributed by atoms with Crippen molar-refractivity contribution in [1.82, 2.24) is 20.6 Å². The second-order valence-corrected chi connectivity index (χ2v) is 7.00. The number of halogens is 1. The number of hydrogen-bond donors (Lipinski definition) is 2. The Morgan fingerprint density at radius 2 is 2.17 bits per heavy atom. The van der Waals surface area contributed by atoms with Crippen LogP contribution < -0.4 is 10.6 Å². The Bertz CT molecular complexity index is 563. The number of rotatable bonds is 9. The van der Waals surface area contributed by atoms with Gasteiger partial charge >= 0.3 is 0 Å². The third-order valence-corrected chi connectivity index (χ3v) is 5.00. The van der Waals surface area contributed by atoms with Crippen molar-refractivity contribution in [2.45, 2.75) is 24.1 Å². The average Bonchev–Trinajstić information content (AvgIpc) is 3.09. The smallest absolute Gasteiger partial charge is 0.191 e. The van der Waals surface area contributed by atoms with E-state index in [0.29, 0.717) is 0 Å². The standard InChI is InChI=1S/C16H23N5S2.HI/c1-2-17-15(20-10-7-14-6-3-4-8-18-14)19-9-5-12-22-16-21-11-13-23-16;/h3-4,6,8,11,13H,2,5,7,9-10,12H2,1H3,(H2,17,19,20);1H. The van der Waals surface area contributed by atoms with E-state index < -0.39 is 0 Å². The Labute approximate surface area is 169 Å². The second-order valence-electron chi connectivity index (χ2n) is 4.76. The third-order valence-electron chi connectivity index (χ3n) is 2.95. The number of aromatic nitrogens is 2. The van der Waals surface area contributed by atoms with E-state index in [2.05, 4.69) is 32.5 Å². The Hall–Kier alpha value is -0.870. The van der Waals surface area contributed by atoms with Crippen LogP contribution in [0.25, 0.3) is 0 Å². The molecule has 0 aliphatic carbocycles. The molecule has 2 aromatic rings. The molecule has 2 aromatic heterocycles. The molecule has 0 saturated heterocycles. The van der Waals surface area contributed by atoms with Crippen molar-refractivity contribution in [3.05, 3.63) is 41.7 Å². The van der Waals surface area contributed by atoms with Crippen molar-refractivity contribution in [3.63, 3.8) is 0 Å². The summed E-state index contributed by atoms with van der Waals surface area (Å²) in [5.74, 6) is 1.92. The van der Waals surface area contributed by atoms with Crippen molar-refractivity contribution >= 4 is 53.0 Å². The summed E-state index contributed by atoms with van der Waals surface area (Å²) in [6.07, 6.45) is 5.61.